The molecule has 0 amide bonds. The van der Waals surface area contributed by atoms with Gasteiger partial charge in [-0.05, 0) is 67.4 Å². The molecule has 1 aromatic rings. The van der Waals surface area contributed by atoms with Gasteiger partial charge in [0.25, 0.3) is 0 Å². The molecule has 104 valence electrons. The number of hydrogen-bond donors (Lipinski definition) is 1. The number of nitrogens with one attached hydrogen (secondary N) is 1. The standard InChI is InChI=1S/C16H23NO2/c1-11(2)14-8-16-15(18-10-19-16)7-13(14)6-12-4-3-5-17-9-12/h7-8,11-12,17H,3-6,9-10H2,1-2H3. The number of fused-ring (bicyclic) bond motifs is 1. The maximum Gasteiger partial charge on any atom is 0.231 e. The summed E-state index contributed by atoms with van der Waals surface area (Å²) < 4.78 is 11.0. The van der Waals surface area contributed by atoms with Gasteiger partial charge in [0.2, 0.25) is 6.79 Å². The number of benzene rings is 1. The van der Waals surface area contributed by atoms with Crippen LogP contribution in [0.3, 0.4) is 0 Å². The summed E-state index contributed by atoms with van der Waals surface area (Å²) >= 11 is 0. The molecule has 1 saturated heterocycles. The van der Waals surface area contributed by atoms with Gasteiger partial charge < -0.3 is 14.8 Å². The van der Waals surface area contributed by atoms with Gasteiger partial charge in [0.15, 0.2) is 11.5 Å². The Labute approximate surface area is 115 Å². The molecule has 0 saturated carbocycles. The third kappa shape index (κ3) is 2.71. The van der Waals surface area contributed by atoms with E-state index < -0.39 is 0 Å². The van der Waals surface area contributed by atoms with E-state index in [0.717, 1.165) is 30.4 Å². The highest BCUT2D eigenvalue weighted by Gasteiger charge is 2.21. The number of hydrogen-bond acceptors (Lipinski definition) is 3. The Balaban J connectivity index is 1.85. The molecular formula is C16H23NO2. The second-order valence-electron chi connectivity index (χ2n) is 5.98. The number of rotatable bonds is 3. The molecular weight excluding hydrogens is 238 g/mol. The monoisotopic (exact) mass is 261 g/mol. The lowest BCUT2D eigenvalue weighted by Gasteiger charge is -2.24. The second-order valence-corrected chi connectivity index (χ2v) is 5.98. The van der Waals surface area contributed by atoms with Gasteiger partial charge in [-0.25, -0.2) is 0 Å². The zero-order valence-corrected chi connectivity index (χ0v) is 11.9. The van der Waals surface area contributed by atoms with E-state index in [2.05, 4.69) is 31.3 Å². The van der Waals surface area contributed by atoms with Crippen molar-refractivity contribution in [1.82, 2.24) is 5.32 Å². The fraction of sp³-hybridized carbons (Fsp3) is 0.625. The first-order valence-electron chi connectivity index (χ1n) is 7.37. The maximum atomic E-state index is 5.53. The van der Waals surface area contributed by atoms with Crippen LogP contribution < -0.4 is 14.8 Å². The fourth-order valence-corrected chi connectivity index (χ4v) is 3.12. The summed E-state index contributed by atoms with van der Waals surface area (Å²) in [5, 5.41) is 3.50. The van der Waals surface area contributed by atoms with Crippen LogP contribution in [-0.2, 0) is 6.42 Å². The van der Waals surface area contributed by atoms with Crippen molar-refractivity contribution in [3.63, 3.8) is 0 Å². The van der Waals surface area contributed by atoms with Crippen LogP contribution in [-0.4, -0.2) is 19.9 Å². The second kappa shape index (κ2) is 5.41. The Morgan fingerprint density at radius 2 is 2.05 bits per heavy atom. The van der Waals surface area contributed by atoms with Gasteiger partial charge in [-0.15, -0.1) is 0 Å². The molecule has 2 aliphatic rings. The summed E-state index contributed by atoms with van der Waals surface area (Å²) in [4.78, 5) is 0. The molecule has 1 N–H and O–H groups in total. The first kappa shape index (κ1) is 12.8. The third-order valence-corrected chi connectivity index (χ3v) is 4.16. The Kier molecular flexibility index (Phi) is 3.65. The molecule has 3 nitrogen and oxygen atoms in total. The lowest BCUT2D eigenvalue weighted by molar-refractivity contribution is 0.174. The van der Waals surface area contributed by atoms with Crippen molar-refractivity contribution in [1.29, 1.82) is 0 Å². The smallest absolute Gasteiger partial charge is 0.231 e. The topological polar surface area (TPSA) is 30.5 Å². The predicted octanol–water partition coefficient (Wildman–Crippen LogP) is 3.08. The molecule has 19 heavy (non-hydrogen) atoms. The molecule has 2 heterocycles. The highest BCUT2D eigenvalue weighted by Crippen LogP contribution is 2.38. The Morgan fingerprint density at radius 3 is 2.74 bits per heavy atom. The number of piperidine rings is 1. The van der Waals surface area contributed by atoms with Crippen LogP contribution in [0.25, 0.3) is 0 Å². The molecule has 1 unspecified atom stereocenters. The molecule has 0 aromatic heterocycles. The zero-order chi connectivity index (χ0) is 13.2. The van der Waals surface area contributed by atoms with Crippen LogP contribution in [0.2, 0.25) is 0 Å². The van der Waals surface area contributed by atoms with Crippen LogP contribution in [0.4, 0.5) is 0 Å². The average molecular weight is 261 g/mol. The highest BCUT2D eigenvalue weighted by atomic mass is 16.7. The fourth-order valence-electron chi connectivity index (χ4n) is 3.12. The lowest BCUT2D eigenvalue weighted by Crippen LogP contribution is -2.31. The van der Waals surface area contributed by atoms with Crippen molar-refractivity contribution in [2.75, 3.05) is 19.9 Å². The van der Waals surface area contributed by atoms with Crippen LogP contribution in [0.15, 0.2) is 12.1 Å². The van der Waals surface area contributed by atoms with E-state index >= 15 is 0 Å². The Hall–Kier alpha value is -1.22. The van der Waals surface area contributed by atoms with E-state index in [4.69, 9.17) is 9.47 Å². The normalized spacial score (nSPS) is 21.9. The number of ether oxygens (including phenoxy) is 2. The van der Waals surface area contributed by atoms with Crippen LogP contribution in [0, 0.1) is 5.92 Å². The summed E-state index contributed by atoms with van der Waals surface area (Å²) in [6.07, 6.45) is 3.78. The van der Waals surface area contributed by atoms with Crippen molar-refractivity contribution in [3.05, 3.63) is 23.3 Å². The first-order valence-corrected chi connectivity index (χ1v) is 7.37. The Morgan fingerprint density at radius 1 is 1.26 bits per heavy atom. The minimum absolute atomic E-state index is 0.362. The summed E-state index contributed by atoms with van der Waals surface area (Å²) in [6.45, 7) is 7.18. The van der Waals surface area contributed by atoms with E-state index in [-0.39, 0.29) is 0 Å². The Bertz CT molecular complexity index is 450. The van der Waals surface area contributed by atoms with E-state index in [0.29, 0.717) is 12.7 Å². The molecule has 0 spiro atoms. The zero-order valence-electron chi connectivity index (χ0n) is 11.9. The van der Waals surface area contributed by atoms with Gasteiger partial charge in [-0.2, -0.15) is 0 Å². The van der Waals surface area contributed by atoms with E-state index in [1.54, 1.807) is 0 Å². The van der Waals surface area contributed by atoms with Gasteiger partial charge in [-0.1, -0.05) is 13.8 Å². The molecule has 3 rings (SSSR count). The van der Waals surface area contributed by atoms with E-state index in [1.807, 2.05) is 0 Å². The average Bonchev–Trinajstić information content (AvgIpc) is 2.86. The summed E-state index contributed by atoms with van der Waals surface area (Å²) in [5.74, 6) is 3.12. The van der Waals surface area contributed by atoms with Crippen LogP contribution in [0.1, 0.15) is 43.7 Å². The minimum atomic E-state index is 0.362. The molecule has 1 atom stereocenters. The van der Waals surface area contributed by atoms with Gasteiger partial charge >= 0.3 is 0 Å². The molecule has 1 aromatic carbocycles. The lowest BCUT2D eigenvalue weighted by atomic mass is 9.87. The van der Waals surface area contributed by atoms with E-state index in [1.165, 1.54) is 30.5 Å². The van der Waals surface area contributed by atoms with Crippen LogP contribution >= 0.6 is 0 Å². The molecule has 2 aliphatic heterocycles. The molecule has 0 aliphatic carbocycles. The highest BCUT2D eigenvalue weighted by molar-refractivity contribution is 5.49. The molecule has 3 heteroatoms. The largest absolute Gasteiger partial charge is 0.454 e. The quantitative estimate of drug-likeness (QED) is 0.907. The molecule has 0 bridgehead atoms. The maximum absolute atomic E-state index is 5.53. The van der Waals surface area contributed by atoms with Crippen molar-refractivity contribution >= 4 is 0 Å². The SMILES string of the molecule is CC(C)c1cc2c(cc1CC1CCCNC1)OCO2. The molecule has 1 fully saturated rings. The van der Waals surface area contributed by atoms with Crippen LogP contribution in [0.5, 0.6) is 11.5 Å². The van der Waals surface area contributed by atoms with Crippen molar-refractivity contribution < 1.29 is 9.47 Å². The summed E-state index contributed by atoms with van der Waals surface area (Å²) in [7, 11) is 0. The van der Waals surface area contributed by atoms with Gasteiger partial charge in [0, 0.05) is 0 Å². The van der Waals surface area contributed by atoms with Crippen molar-refractivity contribution in [2.24, 2.45) is 5.92 Å². The van der Waals surface area contributed by atoms with Gasteiger partial charge in [0.05, 0.1) is 0 Å². The van der Waals surface area contributed by atoms with E-state index in [9.17, 15) is 0 Å². The van der Waals surface area contributed by atoms with Crippen molar-refractivity contribution in [2.45, 2.75) is 39.0 Å². The molecule has 0 radical (unpaired) electrons. The van der Waals surface area contributed by atoms with Crippen molar-refractivity contribution in [3.8, 4) is 11.5 Å². The minimum Gasteiger partial charge on any atom is -0.454 e. The van der Waals surface area contributed by atoms with Gasteiger partial charge in [-0.3, -0.25) is 0 Å². The summed E-state index contributed by atoms with van der Waals surface area (Å²) in [5.41, 5.74) is 2.85. The predicted molar refractivity (Wildman–Crippen MR) is 76.0 cm³/mol. The first-order chi connectivity index (χ1) is 9.24. The van der Waals surface area contributed by atoms with Gasteiger partial charge in [0.1, 0.15) is 0 Å². The summed E-state index contributed by atoms with van der Waals surface area (Å²) in [6, 6.07) is 4.38. The third-order valence-electron chi connectivity index (χ3n) is 4.16.